The Morgan fingerprint density at radius 1 is 0.853 bits per heavy atom. The van der Waals surface area contributed by atoms with E-state index in [-0.39, 0.29) is 6.10 Å². The van der Waals surface area contributed by atoms with E-state index in [1.807, 2.05) is 0 Å². The third-order valence-corrected chi connectivity index (χ3v) is 12.1. The molecule has 1 N–H and O–H groups in total. The summed E-state index contributed by atoms with van der Waals surface area (Å²) in [6, 6.07) is 0. The second-order valence-corrected chi connectivity index (χ2v) is 14.0. The molecular weight excluding hydrogens is 416 g/mol. The van der Waals surface area contributed by atoms with Gasteiger partial charge in [-0.15, -0.1) is 0 Å². The van der Waals surface area contributed by atoms with Crippen LogP contribution in [-0.4, -0.2) is 25.4 Å². The molecule has 0 aliphatic heterocycles. The van der Waals surface area contributed by atoms with Crippen molar-refractivity contribution in [3.63, 3.8) is 0 Å². The maximum absolute atomic E-state index is 10.6. The molecule has 4 aliphatic rings. The van der Waals surface area contributed by atoms with Crippen molar-refractivity contribution in [3.05, 3.63) is 11.6 Å². The molecule has 0 aromatic heterocycles. The third-order valence-electron chi connectivity index (χ3n) is 12.1. The highest BCUT2D eigenvalue weighted by atomic mass is 16.4. The van der Waals surface area contributed by atoms with Crippen LogP contribution in [0.3, 0.4) is 0 Å². The molecular formula is C32H58O2. The zero-order chi connectivity index (χ0) is 25.4. The second kappa shape index (κ2) is 11.0. The molecule has 0 amide bonds. The van der Waals surface area contributed by atoms with Gasteiger partial charge in [0.05, 0.1) is 6.10 Å². The molecule has 4 saturated carbocycles. The molecule has 0 unspecified atom stereocenters. The molecule has 2 nitrogen and oxygen atoms in total. The summed E-state index contributed by atoms with van der Waals surface area (Å²) in [5.74, 6) is 7.05. The number of ether oxygens (including phenoxy) is 1. The highest BCUT2D eigenvalue weighted by Gasteiger charge is 2.61. The standard InChI is InChI=1S/C30H52O.C2H6O/c1-18(2)21(5)19(3)17-20(4)24-11-12-26-23-9-10-25-22(6)28(31)14-16-30(25,8)27(23)13-15-29(24,26)7;1-3-2/h17-18,20-28,31H,9-16H2,1-8H3;1-2H3/b19-17+;/t20-,21-,22+,23+,24-,25+,26+,27+,28+,29-,30+;/m1./s1. The number of aliphatic hydroxyl groups is 1. The molecule has 4 rings (SSSR count). The van der Waals surface area contributed by atoms with Crippen molar-refractivity contribution in [1.82, 2.24) is 0 Å². The fraction of sp³-hybridized carbons (Fsp3) is 0.938. The Labute approximate surface area is 212 Å². The van der Waals surface area contributed by atoms with Crippen LogP contribution in [0.4, 0.5) is 0 Å². The predicted octanol–water partition coefficient (Wildman–Crippen LogP) is 8.39. The summed E-state index contributed by atoms with van der Waals surface area (Å²) < 4.78 is 4.25. The Bertz CT molecular complexity index is 697. The average molecular weight is 475 g/mol. The first-order chi connectivity index (χ1) is 15.9. The van der Waals surface area contributed by atoms with Crippen molar-refractivity contribution in [3.8, 4) is 0 Å². The van der Waals surface area contributed by atoms with Gasteiger partial charge in [-0.1, -0.05) is 60.1 Å². The fourth-order valence-corrected chi connectivity index (χ4v) is 9.82. The lowest BCUT2D eigenvalue weighted by Crippen LogP contribution is -2.56. The van der Waals surface area contributed by atoms with Crippen molar-refractivity contribution < 1.29 is 9.84 Å². The van der Waals surface area contributed by atoms with Crippen LogP contribution in [0.15, 0.2) is 11.6 Å². The monoisotopic (exact) mass is 474 g/mol. The molecule has 0 bridgehead atoms. The second-order valence-electron chi connectivity index (χ2n) is 14.0. The SMILES string of the molecule is C/C(=C\[C@@H](C)[C@H]1CC[C@H]2[C@@H]3CC[C@H]4[C@H](C)[C@@H](O)CC[C@]4(C)[C@H]3CC[C@]12C)[C@H](C)C(C)C.COC. The van der Waals surface area contributed by atoms with E-state index in [9.17, 15) is 5.11 Å². The van der Waals surface area contributed by atoms with E-state index in [0.717, 1.165) is 41.9 Å². The van der Waals surface area contributed by atoms with Crippen molar-refractivity contribution >= 4 is 0 Å². The Morgan fingerprint density at radius 3 is 2.03 bits per heavy atom. The maximum Gasteiger partial charge on any atom is 0.0568 e. The van der Waals surface area contributed by atoms with Crippen LogP contribution in [0.5, 0.6) is 0 Å². The van der Waals surface area contributed by atoms with Crippen LogP contribution in [-0.2, 0) is 4.74 Å². The molecule has 0 radical (unpaired) electrons. The van der Waals surface area contributed by atoms with E-state index >= 15 is 0 Å². The molecule has 198 valence electrons. The first kappa shape index (κ1) is 28.2. The molecule has 0 aromatic rings. The van der Waals surface area contributed by atoms with E-state index in [0.29, 0.717) is 28.6 Å². The lowest BCUT2D eigenvalue weighted by atomic mass is 9.43. The first-order valence-corrected chi connectivity index (χ1v) is 14.7. The van der Waals surface area contributed by atoms with Crippen molar-refractivity contribution in [2.75, 3.05) is 14.2 Å². The van der Waals surface area contributed by atoms with E-state index in [1.54, 1.807) is 19.8 Å². The Balaban J connectivity index is 0.00000103. The number of methoxy groups -OCH3 is 1. The summed E-state index contributed by atoms with van der Waals surface area (Å²) in [6.07, 6.45) is 13.5. The topological polar surface area (TPSA) is 29.5 Å². The molecule has 34 heavy (non-hydrogen) atoms. The van der Waals surface area contributed by atoms with Crippen molar-refractivity contribution in [2.45, 2.75) is 113 Å². The number of hydrogen-bond donors (Lipinski definition) is 1. The van der Waals surface area contributed by atoms with Crippen LogP contribution in [0.1, 0.15) is 107 Å². The zero-order valence-corrected chi connectivity index (χ0v) is 24.4. The number of allylic oxidation sites excluding steroid dienone is 2. The van der Waals surface area contributed by atoms with E-state index < -0.39 is 0 Å². The highest BCUT2D eigenvalue weighted by Crippen LogP contribution is 2.68. The van der Waals surface area contributed by atoms with Gasteiger partial charge in [0.2, 0.25) is 0 Å². The van der Waals surface area contributed by atoms with Gasteiger partial charge < -0.3 is 9.84 Å². The lowest BCUT2D eigenvalue weighted by Gasteiger charge is -2.62. The van der Waals surface area contributed by atoms with Gasteiger partial charge >= 0.3 is 0 Å². The largest absolute Gasteiger partial charge is 0.393 e. The van der Waals surface area contributed by atoms with Crippen molar-refractivity contribution in [2.24, 2.45) is 64.1 Å². The molecule has 0 saturated heterocycles. The van der Waals surface area contributed by atoms with Gasteiger partial charge in [0, 0.05) is 14.2 Å². The van der Waals surface area contributed by atoms with Gasteiger partial charge in [-0.25, -0.2) is 0 Å². The van der Waals surface area contributed by atoms with Crippen molar-refractivity contribution in [1.29, 1.82) is 0 Å². The summed E-state index contributed by atoms with van der Waals surface area (Å²) >= 11 is 0. The van der Waals surface area contributed by atoms with Crippen LogP contribution in [0.2, 0.25) is 0 Å². The molecule has 2 heteroatoms. The minimum Gasteiger partial charge on any atom is -0.393 e. The van der Waals surface area contributed by atoms with Gasteiger partial charge in [-0.05, 0) is 122 Å². The predicted molar refractivity (Wildman–Crippen MR) is 146 cm³/mol. The van der Waals surface area contributed by atoms with Gasteiger partial charge in [-0.2, -0.15) is 0 Å². The average Bonchev–Trinajstić information content (AvgIpc) is 3.14. The normalized spacial score (nSPS) is 46.0. The molecule has 11 atom stereocenters. The number of rotatable bonds is 4. The van der Waals surface area contributed by atoms with Gasteiger partial charge in [-0.3, -0.25) is 0 Å². The van der Waals surface area contributed by atoms with Crippen LogP contribution in [0.25, 0.3) is 0 Å². The van der Waals surface area contributed by atoms with Gasteiger partial charge in [0.15, 0.2) is 0 Å². The maximum atomic E-state index is 10.6. The Kier molecular flexibility index (Phi) is 9.10. The smallest absolute Gasteiger partial charge is 0.0568 e. The molecule has 4 fully saturated rings. The highest BCUT2D eigenvalue weighted by molar-refractivity contribution is 5.13. The quantitative estimate of drug-likeness (QED) is 0.414. The summed E-state index contributed by atoms with van der Waals surface area (Å²) in [4.78, 5) is 0. The Hall–Kier alpha value is -0.340. The fourth-order valence-electron chi connectivity index (χ4n) is 9.82. The summed E-state index contributed by atoms with van der Waals surface area (Å²) in [7, 11) is 3.25. The molecule has 0 spiro atoms. The number of aliphatic hydroxyl groups excluding tert-OH is 1. The summed E-state index contributed by atoms with van der Waals surface area (Å²) in [5, 5.41) is 10.6. The molecule has 0 aromatic carbocycles. The minimum atomic E-state index is -0.0524. The van der Waals surface area contributed by atoms with Crippen LogP contribution >= 0.6 is 0 Å². The summed E-state index contributed by atoms with van der Waals surface area (Å²) in [5.41, 5.74) is 2.64. The minimum absolute atomic E-state index is 0.0524. The van der Waals surface area contributed by atoms with Gasteiger partial charge in [0.1, 0.15) is 0 Å². The van der Waals surface area contributed by atoms with Crippen LogP contribution < -0.4 is 0 Å². The van der Waals surface area contributed by atoms with E-state index in [1.165, 1.54) is 44.9 Å². The summed E-state index contributed by atoms with van der Waals surface area (Å²) in [6.45, 7) is 19.7. The number of hydrogen-bond acceptors (Lipinski definition) is 2. The third kappa shape index (κ3) is 4.93. The van der Waals surface area contributed by atoms with E-state index in [2.05, 4.69) is 66.2 Å². The van der Waals surface area contributed by atoms with E-state index in [4.69, 9.17) is 0 Å². The zero-order valence-electron chi connectivity index (χ0n) is 24.4. The van der Waals surface area contributed by atoms with Gasteiger partial charge in [0.25, 0.3) is 0 Å². The van der Waals surface area contributed by atoms with Crippen LogP contribution in [0, 0.1) is 64.1 Å². The Morgan fingerprint density at radius 2 is 1.41 bits per heavy atom. The molecule has 0 heterocycles. The number of fused-ring (bicyclic) bond motifs is 5. The lowest BCUT2D eigenvalue weighted by molar-refractivity contribution is -0.148. The molecule has 4 aliphatic carbocycles. The first-order valence-electron chi connectivity index (χ1n) is 14.7.